The van der Waals surface area contributed by atoms with Gasteiger partial charge in [-0.3, -0.25) is 0 Å². The van der Waals surface area contributed by atoms with Gasteiger partial charge in [-0.1, -0.05) is 6.07 Å². The maximum atomic E-state index is 10.6. The van der Waals surface area contributed by atoms with E-state index in [-0.39, 0.29) is 0 Å². The molecule has 0 saturated carbocycles. The zero-order chi connectivity index (χ0) is 14.4. The molecule has 0 spiro atoms. The van der Waals surface area contributed by atoms with Crippen LogP contribution in [0.5, 0.6) is 5.75 Å². The number of amides is 2. The number of primary amides is 1. The number of urea groups is 1. The highest BCUT2D eigenvalue weighted by Gasteiger charge is 2.17. The molecular formula is C13H16N4O2. The molecule has 0 radical (unpaired) electrons. The standard InChI is InChI=1S/C13H16N4O2/c1-8-6-10(19-3)4-5-11(8)12(7-14)9(2)16-17-13(15)18/h4-6,12H,1-3H3,(H3,15,17,18). The molecule has 1 atom stereocenters. The number of hydrogen-bond donors (Lipinski definition) is 2. The Morgan fingerprint density at radius 1 is 1.58 bits per heavy atom. The second-order valence-electron chi connectivity index (χ2n) is 4.01. The molecule has 0 aliphatic heterocycles. The highest BCUT2D eigenvalue weighted by Crippen LogP contribution is 2.24. The van der Waals surface area contributed by atoms with E-state index in [4.69, 9.17) is 10.5 Å². The lowest BCUT2D eigenvalue weighted by Gasteiger charge is -2.13. The van der Waals surface area contributed by atoms with Crippen LogP contribution < -0.4 is 15.9 Å². The van der Waals surface area contributed by atoms with E-state index in [2.05, 4.69) is 16.6 Å². The minimum atomic E-state index is -0.762. The third-order valence-electron chi connectivity index (χ3n) is 2.68. The monoisotopic (exact) mass is 260 g/mol. The zero-order valence-electron chi connectivity index (χ0n) is 11.1. The van der Waals surface area contributed by atoms with Crippen molar-refractivity contribution >= 4 is 11.7 Å². The molecule has 1 aromatic rings. The SMILES string of the molecule is COc1ccc(C(C#N)C(C)=NNC(N)=O)c(C)c1. The van der Waals surface area contributed by atoms with Crippen molar-refractivity contribution < 1.29 is 9.53 Å². The Hall–Kier alpha value is -2.55. The minimum Gasteiger partial charge on any atom is -0.497 e. The highest BCUT2D eigenvalue weighted by molar-refractivity contribution is 5.92. The van der Waals surface area contributed by atoms with Crippen molar-refractivity contribution in [2.75, 3.05) is 7.11 Å². The minimum absolute atomic E-state index is 0.467. The molecule has 1 unspecified atom stereocenters. The second kappa shape index (κ2) is 6.40. The number of carbonyl (C=O) groups excluding carboxylic acids is 1. The van der Waals surface area contributed by atoms with Crippen LogP contribution in [0.25, 0.3) is 0 Å². The Balaban J connectivity index is 3.07. The van der Waals surface area contributed by atoms with Gasteiger partial charge in [0.2, 0.25) is 0 Å². The number of rotatable bonds is 4. The number of nitrogens with one attached hydrogen (secondary N) is 1. The van der Waals surface area contributed by atoms with Crippen molar-refractivity contribution in [2.24, 2.45) is 10.8 Å². The van der Waals surface area contributed by atoms with Crippen LogP contribution in [0, 0.1) is 18.3 Å². The van der Waals surface area contributed by atoms with Gasteiger partial charge in [-0.05, 0) is 37.1 Å². The average molecular weight is 260 g/mol. The molecule has 3 N–H and O–H groups in total. The number of methoxy groups -OCH3 is 1. The van der Waals surface area contributed by atoms with E-state index in [0.29, 0.717) is 5.71 Å². The summed E-state index contributed by atoms with van der Waals surface area (Å²) in [7, 11) is 1.58. The first kappa shape index (κ1) is 14.5. The molecule has 0 aliphatic rings. The van der Waals surface area contributed by atoms with Crippen LogP contribution in [-0.2, 0) is 0 Å². The smallest absolute Gasteiger partial charge is 0.332 e. The second-order valence-corrected chi connectivity index (χ2v) is 4.01. The molecule has 1 rings (SSSR count). The van der Waals surface area contributed by atoms with Gasteiger partial charge in [-0.25, -0.2) is 10.2 Å². The molecule has 2 amide bonds. The van der Waals surface area contributed by atoms with E-state index in [0.717, 1.165) is 16.9 Å². The lowest BCUT2D eigenvalue weighted by Crippen LogP contribution is -2.26. The number of nitrogens with zero attached hydrogens (tertiary/aromatic N) is 2. The first-order valence-electron chi connectivity index (χ1n) is 5.63. The fourth-order valence-corrected chi connectivity index (χ4v) is 1.69. The molecule has 6 nitrogen and oxygen atoms in total. The first-order valence-corrected chi connectivity index (χ1v) is 5.63. The van der Waals surface area contributed by atoms with E-state index < -0.39 is 11.9 Å². The maximum Gasteiger partial charge on any atom is 0.332 e. The summed E-state index contributed by atoms with van der Waals surface area (Å²) in [5.74, 6) is 0.181. The van der Waals surface area contributed by atoms with Gasteiger partial charge in [-0.2, -0.15) is 10.4 Å². The summed E-state index contributed by atoms with van der Waals surface area (Å²) in [6.45, 7) is 3.55. The third kappa shape index (κ3) is 3.71. The molecule has 0 saturated heterocycles. The first-order chi connectivity index (χ1) is 8.99. The van der Waals surface area contributed by atoms with Gasteiger partial charge in [0.25, 0.3) is 0 Å². The van der Waals surface area contributed by atoms with Gasteiger partial charge in [0.05, 0.1) is 18.9 Å². The molecule has 6 heteroatoms. The van der Waals surface area contributed by atoms with E-state index in [1.54, 1.807) is 20.1 Å². The summed E-state index contributed by atoms with van der Waals surface area (Å²) < 4.78 is 5.12. The normalized spacial score (nSPS) is 12.4. The van der Waals surface area contributed by atoms with Gasteiger partial charge in [0.1, 0.15) is 11.7 Å². The quantitative estimate of drug-likeness (QED) is 0.635. The van der Waals surface area contributed by atoms with Crippen LogP contribution in [0.2, 0.25) is 0 Å². The van der Waals surface area contributed by atoms with Gasteiger partial charge in [0.15, 0.2) is 0 Å². The molecule has 1 aromatic carbocycles. The van der Waals surface area contributed by atoms with Gasteiger partial charge < -0.3 is 10.5 Å². The van der Waals surface area contributed by atoms with Crippen LogP contribution in [0.4, 0.5) is 4.79 Å². The number of benzene rings is 1. The Morgan fingerprint density at radius 3 is 2.74 bits per heavy atom. The largest absolute Gasteiger partial charge is 0.497 e. The fraction of sp³-hybridized carbons (Fsp3) is 0.308. The van der Waals surface area contributed by atoms with Crippen molar-refractivity contribution in [1.82, 2.24) is 5.43 Å². The molecule has 0 heterocycles. The van der Waals surface area contributed by atoms with E-state index in [9.17, 15) is 10.1 Å². The lowest BCUT2D eigenvalue weighted by molar-refractivity contribution is 0.249. The third-order valence-corrected chi connectivity index (χ3v) is 2.68. The Bertz CT molecular complexity index is 546. The molecular weight excluding hydrogens is 244 g/mol. The number of ether oxygens (including phenoxy) is 1. The van der Waals surface area contributed by atoms with Crippen molar-refractivity contribution in [3.63, 3.8) is 0 Å². The fourth-order valence-electron chi connectivity index (χ4n) is 1.69. The Morgan fingerprint density at radius 2 is 2.26 bits per heavy atom. The number of nitriles is 1. The topological polar surface area (TPSA) is 100 Å². The van der Waals surface area contributed by atoms with Crippen LogP contribution in [0.15, 0.2) is 23.3 Å². The van der Waals surface area contributed by atoms with Crippen LogP contribution in [0.1, 0.15) is 24.0 Å². The van der Waals surface area contributed by atoms with Gasteiger partial charge in [-0.15, -0.1) is 0 Å². The van der Waals surface area contributed by atoms with Gasteiger partial charge >= 0.3 is 6.03 Å². The zero-order valence-corrected chi connectivity index (χ0v) is 11.1. The van der Waals surface area contributed by atoms with Gasteiger partial charge in [0, 0.05) is 0 Å². The van der Waals surface area contributed by atoms with Crippen LogP contribution in [0.3, 0.4) is 0 Å². The molecule has 0 bridgehead atoms. The number of aryl methyl sites for hydroxylation is 1. The number of hydrazone groups is 1. The summed E-state index contributed by atoms with van der Waals surface area (Å²) in [5, 5.41) is 13.1. The lowest BCUT2D eigenvalue weighted by atomic mass is 9.92. The summed E-state index contributed by atoms with van der Waals surface area (Å²) in [6, 6.07) is 6.83. The molecule has 19 heavy (non-hydrogen) atoms. The molecule has 0 fully saturated rings. The molecule has 100 valence electrons. The van der Waals surface area contributed by atoms with E-state index in [1.807, 2.05) is 19.1 Å². The number of hydrogen-bond acceptors (Lipinski definition) is 4. The summed E-state index contributed by atoms with van der Waals surface area (Å²) in [5.41, 5.74) is 9.25. The van der Waals surface area contributed by atoms with Crippen molar-refractivity contribution in [1.29, 1.82) is 5.26 Å². The Kier molecular flexibility index (Phi) is 4.89. The highest BCUT2D eigenvalue weighted by atomic mass is 16.5. The predicted molar refractivity (Wildman–Crippen MR) is 71.9 cm³/mol. The summed E-state index contributed by atoms with van der Waals surface area (Å²) in [6.07, 6.45) is 0. The molecule has 0 aliphatic carbocycles. The van der Waals surface area contributed by atoms with E-state index >= 15 is 0 Å². The number of carbonyl (C=O) groups is 1. The summed E-state index contributed by atoms with van der Waals surface area (Å²) in [4.78, 5) is 10.6. The van der Waals surface area contributed by atoms with Crippen LogP contribution in [-0.4, -0.2) is 18.9 Å². The van der Waals surface area contributed by atoms with Crippen molar-refractivity contribution in [3.8, 4) is 11.8 Å². The van der Waals surface area contributed by atoms with E-state index in [1.165, 1.54) is 0 Å². The van der Waals surface area contributed by atoms with Crippen molar-refractivity contribution in [3.05, 3.63) is 29.3 Å². The molecule has 0 aromatic heterocycles. The average Bonchev–Trinajstić information content (AvgIpc) is 2.38. The number of nitrogens with two attached hydrogens (primary N) is 1. The Labute approximate surface area is 111 Å². The maximum absolute atomic E-state index is 10.6. The van der Waals surface area contributed by atoms with Crippen LogP contribution >= 0.6 is 0 Å². The van der Waals surface area contributed by atoms with Crippen molar-refractivity contribution in [2.45, 2.75) is 19.8 Å². The predicted octanol–water partition coefficient (Wildman–Crippen LogP) is 1.66. The summed E-state index contributed by atoms with van der Waals surface area (Å²) >= 11 is 0.